The predicted octanol–water partition coefficient (Wildman–Crippen LogP) is 2.35. The summed E-state index contributed by atoms with van der Waals surface area (Å²) < 4.78 is 0.320. The third kappa shape index (κ3) is 2.39. The van der Waals surface area contributed by atoms with Crippen molar-refractivity contribution < 1.29 is 14.1 Å². The highest BCUT2D eigenvalue weighted by Gasteiger charge is 2.60. The van der Waals surface area contributed by atoms with Crippen molar-refractivity contribution in [1.82, 2.24) is 10.3 Å². The molecule has 0 bridgehead atoms. The molecule has 0 radical (unpaired) electrons. The molecule has 138 valence electrons. The number of anilines is 3. The van der Waals surface area contributed by atoms with Gasteiger partial charge in [0.1, 0.15) is 0 Å². The number of quaternary nitrogens is 1. The molecule has 2 fully saturated rings. The number of hydrogen-bond donors (Lipinski definition) is 2. The molecule has 2 aromatic rings. The molecule has 4 heterocycles. The summed E-state index contributed by atoms with van der Waals surface area (Å²) in [5, 5.41) is 6.30. The van der Waals surface area contributed by atoms with E-state index in [0.29, 0.717) is 27.2 Å². The van der Waals surface area contributed by atoms with E-state index in [4.69, 9.17) is 0 Å². The first-order valence-electron chi connectivity index (χ1n) is 9.27. The molecule has 5 rings (SSSR count). The Kier molecular flexibility index (Phi) is 3.41. The fourth-order valence-electron chi connectivity index (χ4n) is 4.91. The first-order valence-corrected chi connectivity index (χ1v) is 9.27. The molecule has 0 aliphatic carbocycles. The summed E-state index contributed by atoms with van der Waals surface area (Å²) in [6.45, 7) is 3.60. The van der Waals surface area contributed by atoms with Crippen LogP contribution in [0.2, 0.25) is 0 Å². The van der Waals surface area contributed by atoms with Gasteiger partial charge in [0.2, 0.25) is 0 Å². The molecule has 1 spiro atoms. The largest absolute Gasteiger partial charge is 0.429 e. The molecule has 7 heteroatoms. The Labute approximate surface area is 157 Å². The lowest BCUT2D eigenvalue weighted by molar-refractivity contribution is -0.892. The van der Waals surface area contributed by atoms with E-state index >= 15 is 0 Å². The molecule has 27 heavy (non-hydrogen) atoms. The molecular weight excluding hydrogens is 342 g/mol. The molecule has 3 amide bonds. The van der Waals surface area contributed by atoms with Crippen molar-refractivity contribution in [2.24, 2.45) is 5.41 Å². The molecule has 2 saturated heterocycles. The van der Waals surface area contributed by atoms with Gasteiger partial charge < -0.3 is 10.6 Å². The van der Waals surface area contributed by atoms with Crippen LogP contribution in [0.15, 0.2) is 42.6 Å². The van der Waals surface area contributed by atoms with Crippen LogP contribution < -0.4 is 15.5 Å². The van der Waals surface area contributed by atoms with Crippen molar-refractivity contribution in [1.29, 1.82) is 0 Å². The molecule has 2 N–H and O–H groups in total. The van der Waals surface area contributed by atoms with E-state index in [0.717, 1.165) is 32.6 Å². The van der Waals surface area contributed by atoms with Crippen LogP contribution in [0.3, 0.4) is 0 Å². The van der Waals surface area contributed by atoms with E-state index in [2.05, 4.69) is 15.6 Å². The standard InChI is InChI=1S/C20H21N5O2/c1-25(12-20(13-25)8-10-21-11-20)19(27)24-16-7-3-2-5-14(16)18(26)23-15-6-4-9-22-17(15)24/h2-7,9,21H,8,10-13H2,1H3/p+1. The fourth-order valence-corrected chi connectivity index (χ4v) is 4.91. The minimum absolute atomic E-state index is 0.0450. The van der Waals surface area contributed by atoms with Gasteiger partial charge in [-0.2, -0.15) is 0 Å². The topological polar surface area (TPSA) is 74.3 Å². The number of hydrogen-bond acceptors (Lipinski definition) is 4. The number of likely N-dealkylation sites (tertiary alicyclic amines) is 1. The number of pyridine rings is 1. The van der Waals surface area contributed by atoms with E-state index in [1.807, 2.05) is 25.2 Å². The number of fused-ring (bicyclic) bond motifs is 2. The van der Waals surface area contributed by atoms with Gasteiger partial charge in [-0.1, -0.05) is 12.1 Å². The van der Waals surface area contributed by atoms with Crippen molar-refractivity contribution in [2.45, 2.75) is 6.42 Å². The van der Waals surface area contributed by atoms with Crippen LogP contribution in [-0.4, -0.2) is 54.6 Å². The highest BCUT2D eigenvalue weighted by molar-refractivity contribution is 6.16. The zero-order valence-electron chi connectivity index (χ0n) is 15.2. The number of nitrogens with zero attached hydrogens (tertiary/aromatic N) is 3. The van der Waals surface area contributed by atoms with E-state index < -0.39 is 0 Å². The number of amides is 3. The number of aromatic nitrogens is 1. The van der Waals surface area contributed by atoms with E-state index in [9.17, 15) is 9.59 Å². The lowest BCUT2D eigenvalue weighted by atomic mass is 9.77. The maximum atomic E-state index is 13.7. The number of para-hydroxylation sites is 1. The predicted molar refractivity (Wildman–Crippen MR) is 102 cm³/mol. The van der Waals surface area contributed by atoms with Gasteiger partial charge in [-0.05, 0) is 37.2 Å². The van der Waals surface area contributed by atoms with E-state index in [1.165, 1.54) is 0 Å². The smallest absolute Gasteiger partial charge is 0.319 e. The molecule has 0 atom stereocenters. The maximum Gasteiger partial charge on any atom is 0.429 e. The molecule has 1 aromatic carbocycles. The van der Waals surface area contributed by atoms with Crippen LogP contribution in [0.1, 0.15) is 16.8 Å². The van der Waals surface area contributed by atoms with Gasteiger partial charge in [-0.25, -0.2) is 19.2 Å². The Hall–Kier alpha value is -2.77. The molecule has 0 unspecified atom stereocenters. The lowest BCUT2D eigenvalue weighted by Crippen LogP contribution is -2.72. The van der Waals surface area contributed by atoms with Crippen LogP contribution in [0.4, 0.5) is 22.0 Å². The summed E-state index contributed by atoms with van der Waals surface area (Å²) in [4.78, 5) is 32.5. The molecule has 0 saturated carbocycles. The quantitative estimate of drug-likeness (QED) is 0.704. The number of urea groups is 1. The van der Waals surface area contributed by atoms with Gasteiger partial charge in [-0.3, -0.25) is 4.79 Å². The first kappa shape index (κ1) is 16.4. The van der Waals surface area contributed by atoms with Gasteiger partial charge in [0.25, 0.3) is 5.91 Å². The molecule has 1 aromatic heterocycles. The number of carbonyl (C=O) groups excluding carboxylic acids is 2. The zero-order valence-corrected chi connectivity index (χ0v) is 15.2. The van der Waals surface area contributed by atoms with Gasteiger partial charge in [0, 0.05) is 12.7 Å². The molecule has 3 aliphatic rings. The van der Waals surface area contributed by atoms with Crippen molar-refractivity contribution in [3.05, 3.63) is 48.2 Å². The van der Waals surface area contributed by atoms with Gasteiger partial charge >= 0.3 is 6.03 Å². The SMILES string of the molecule is C[N+]1(C(=O)N2c3ccccc3C(=O)Nc3cccnc32)CC2(CCNC2)C1. The van der Waals surface area contributed by atoms with Gasteiger partial charge in [0.15, 0.2) is 5.82 Å². The Morgan fingerprint density at radius 1 is 1.22 bits per heavy atom. The monoisotopic (exact) mass is 364 g/mol. The Bertz CT molecular complexity index is 943. The van der Waals surface area contributed by atoms with Gasteiger partial charge in [0.05, 0.1) is 42.5 Å². The van der Waals surface area contributed by atoms with Gasteiger partial charge in [-0.15, -0.1) is 0 Å². The highest BCUT2D eigenvalue weighted by Crippen LogP contribution is 2.44. The fraction of sp³-hybridized carbons (Fsp3) is 0.350. The summed E-state index contributed by atoms with van der Waals surface area (Å²) in [6, 6.07) is 10.7. The van der Waals surface area contributed by atoms with E-state index in [1.54, 1.807) is 29.3 Å². The molecule has 7 nitrogen and oxygen atoms in total. The van der Waals surface area contributed by atoms with Crippen molar-refractivity contribution in [2.75, 3.05) is 43.4 Å². The summed E-state index contributed by atoms with van der Waals surface area (Å²) in [5.41, 5.74) is 1.84. The van der Waals surface area contributed by atoms with Crippen molar-refractivity contribution >= 4 is 29.1 Å². The summed E-state index contributed by atoms with van der Waals surface area (Å²) in [6.07, 6.45) is 2.76. The number of carbonyl (C=O) groups is 2. The van der Waals surface area contributed by atoms with E-state index in [-0.39, 0.29) is 17.4 Å². The third-order valence-corrected chi connectivity index (χ3v) is 5.99. The lowest BCUT2D eigenvalue weighted by Gasteiger charge is -2.52. The number of rotatable bonds is 0. The zero-order chi connectivity index (χ0) is 18.6. The third-order valence-electron chi connectivity index (χ3n) is 5.99. The van der Waals surface area contributed by atoms with Crippen LogP contribution in [0.5, 0.6) is 0 Å². The summed E-state index contributed by atoms with van der Waals surface area (Å²) >= 11 is 0. The first-order chi connectivity index (χ1) is 13.0. The van der Waals surface area contributed by atoms with Crippen LogP contribution in [-0.2, 0) is 0 Å². The second-order valence-electron chi connectivity index (χ2n) is 8.10. The van der Waals surface area contributed by atoms with Crippen molar-refractivity contribution in [3.8, 4) is 0 Å². The second-order valence-corrected chi connectivity index (χ2v) is 8.10. The maximum absolute atomic E-state index is 13.7. The summed E-state index contributed by atoms with van der Waals surface area (Å²) in [5.74, 6) is 0.253. The Morgan fingerprint density at radius 3 is 2.81 bits per heavy atom. The number of benzene rings is 1. The van der Waals surface area contributed by atoms with Crippen LogP contribution in [0.25, 0.3) is 0 Å². The van der Waals surface area contributed by atoms with Crippen LogP contribution in [0, 0.1) is 5.41 Å². The Balaban J connectivity index is 1.60. The van der Waals surface area contributed by atoms with Crippen LogP contribution >= 0.6 is 0 Å². The average Bonchev–Trinajstić information content (AvgIpc) is 3.07. The minimum atomic E-state index is -0.224. The Morgan fingerprint density at radius 2 is 2.04 bits per heavy atom. The second kappa shape index (κ2) is 5.61. The normalized spacial score (nSPS) is 28.8. The minimum Gasteiger partial charge on any atom is -0.319 e. The highest BCUT2D eigenvalue weighted by atomic mass is 16.2. The average molecular weight is 364 g/mol. The molecule has 3 aliphatic heterocycles. The summed E-state index contributed by atoms with van der Waals surface area (Å²) in [7, 11) is 1.98. The molecular formula is C20H22N5O2+. The van der Waals surface area contributed by atoms with Crippen molar-refractivity contribution in [3.63, 3.8) is 0 Å². The number of nitrogens with one attached hydrogen (secondary N) is 2.